The lowest BCUT2D eigenvalue weighted by Crippen LogP contribution is -1.89. The lowest BCUT2D eigenvalue weighted by atomic mass is 10.0. The van der Waals surface area contributed by atoms with Gasteiger partial charge in [0.25, 0.3) is 0 Å². The third-order valence-electron chi connectivity index (χ3n) is 5.16. The van der Waals surface area contributed by atoms with E-state index in [9.17, 15) is 4.79 Å². The van der Waals surface area contributed by atoms with E-state index in [0.717, 1.165) is 29.6 Å². The minimum absolute atomic E-state index is 0.624. The standard InChI is InChI=1S/C25H29ClOS3/c1-2-3-4-5-6-7-8-9-11-19(18-27)25(26)24-16-15-23(30-24)22-14-13-21(29-22)20-12-10-17-28-20/h10,12-18H,2-9,11H2,1H3. The summed E-state index contributed by atoms with van der Waals surface area (Å²) in [4.78, 5) is 17.7. The van der Waals surface area contributed by atoms with Crippen LogP contribution in [0.25, 0.3) is 24.5 Å². The van der Waals surface area contributed by atoms with Crippen LogP contribution in [0, 0.1) is 0 Å². The number of hydrogen-bond donors (Lipinski definition) is 0. The number of carbonyl (C=O) groups is 1. The van der Waals surface area contributed by atoms with E-state index in [-0.39, 0.29) is 0 Å². The molecule has 0 aliphatic rings. The Balaban J connectivity index is 1.56. The second kappa shape index (κ2) is 12.6. The topological polar surface area (TPSA) is 17.1 Å². The number of rotatable bonds is 13. The van der Waals surface area contributed by atoms with Crippen molar-refractivity contribution in [2.75, 3.05) is 0 Å². The zero-order valence-corrected chi connectivity index (χ0v) is 20.7. The van der Waals surface area contributed by atoms with E-state index in [4.69, 9.17) is 11.6 Å². The SMILES string of the molecule is CCCCCCCCCCC(C=O)=C(Cl)c1ccc(-c2ccc(-c3cccs3)s2)s1. The Morgan fingerprint density at radius 2 is 1.47 bits per heavy atom. The molecule has 0 spiro atoms. The highest BCUT2D eigenvalue weighted by Crippen LogP contribution is 2.41. The van der Waals surface area contributed by atoms with Gasteiger partial charge in [-0.3, -0.25) is 4.79 Å². The maximum absolute atomic E-state index is 11.6. The third kappa shape index (κ3) is 6.65. The molecule has 5 heteroatoms. The molecule has 0 N–H and O–H groups in total. The van der Waals surface area contributed by atoms with Crippen molar-refractivity contribution in [3.05, 3.63) is 52.2 Å². The predicted molar refractivity (Wildman–Crippen MR) is 137 cm³/mol. The number of thiophene rings is 3. The second-order valence-corrected chi connectivity index (χ2v) is 11.0. The molecule has 0 atom stereocenters. The fraction of sp³-hybridized carbons (Fsp3) is 0.400. The van der Waals surface area contributed by atoms with Crippen LogP contribution in [0.5, 0.6) is 0 Å². The Kier molecular flexibility index (Phi) is 9.86. The number of halogens is 1. The van der Waals surface area contributed by atoms with Crippen LogP contribution in [0.2, 0.25) is 0 Å². The third-order valence-corrected chi connectivity index (χ3v) is 9.17. The normalized spacial score (nSPS) is 12.2. The number of carbonyl (C=O) groups excluding carboxylic acids is 1. The van der Waals surface area contributed by atoms with Crippen LogP contribution in [-0.2, 0) is 4.79 Å². The Hall–Kier alpha value is -1.20. The molecule has 0 aromatic carbocycles. The molecule has 0 aliphatic heterocycles. The maximum atomic E-state index is 11.6. The van der Waals surface area contributed by atoms with Crippen LogP contribution in [0.15, 0.2) is 47.4 Å². The van der Waals surface area contributed by atoms with Gasteiger partial charge in [0.2, 0.25) is 0 Å². The summed E-state index contributed by atoms with van der Waals surface area (Å²) in [6, 6.07) is 12.8. The minimum Gasteiger partial charge on any atom is -0.298 e. The first kappa shape index (κ1) is 23.5. The van der Waals surface area contributed by atoms with Gasteiger partial charge in [0.15, 0.2) is 0 Å². The minimum atomic E-state index is 0.624. The molecule has 0 amide bonds. The Labute approximate surface area is 197 Å². The summed E-state index contributed by atoms with van der Waals surface area (Å²) in [5.41, 5.74) is 0.738. The fourth-order valence-corrected chi connectivity index (χ4v) is 6.66. The van der Waals surface area contributed by atoms with Crippen LogP contribution in [-0.4, -0.2) is 6.29 Å². The van der Waals surface area contributed by atoms with Crippen LogP contribution in [0.4, 0.5) is 0 Å². The summed E-state index contributed by atoms with van der Waals surface area (Å²) >= 11 is 11.9. The molecule has 1 nitrogen and oxygen atoms in total. The van der Waals surface area contributed by atoms with Gasteiger partial charge in [-0.2, -0.15) is 0 Å². The van der Waals surface area contributed by atoms with E-state index < -0.39 is 0 Å². The first-order chi connectivity index (χ1) is 14.7. The summed E-state index contributed by atoms with van der Waals surface area (Å²) < 4.78 is 0. The van der Waals surface area contributed by atoms with Crippen molar-refractivity contribution in [1.82, 2.24) is 0 Å². The number of hydrogen-bond acceptors (Lipinski definition) is 4. The van der Waals surface area contributed by atoms with Crippen LogP contribution in [0.3, 0.4) is 0 Å². The molecule has 3 heterocycles. The van der Waals surface area contributed by atoms with Gasteiger partial charge in [-0.15, -0.1) is 34.0 Å². The maximum Gasteiger partial charge on any atom is 0.147 e. The van der Waals surface area contributed by atoms with E-state index >= 15 is 0 Å². The summed E-state index contributed by atoms with van der Waals surface area (Å²) in [5, 5.41) is 2.73. The van der Waals surface area contributed by atoms with Gasteiger partial charge in [0, 0.05) is 30.0 Å². The molecular formula is C25H29ClOS3. The van der Waals surface area contributed by atoms with Crippen molar-refractivity contribution in [2.24, 2.45) is 0 Å². The smallest absolute Gasteiger partial charge is 0.147 e. The first-order valence-electron chi connectivity index (χ1n) is 10.8. The van der Waals surface area contributed by atoms with Crippen LogP contribution in [0.1, 0.15) is 69.6 Å². The van der Waals surface area contributed by atoms with E-state index in [1.165, 1.54) is 64.5 Å². The zero-order chi connectivity index (χ0) is 21.2. The Morgan fingerprint density at radius 1 is 0.833 bits per heavy atom. The van der Waals surface area contributed by atoms with E-state index in [1.807, 2.05) is 6.07 Å². The molecule has 160 valence electrons. The van der Waals surface area contributed by atoms with Crippen LogP contribution < -0.4 is 0 Å². The van der Waals surface area contributed by atoms with Gasteiger partial charge in [-0.1, -0.05) is 69.5 Å². The van der Waals surface area contributed by atoms with Crippen molar-refractivity contribution >= 4 is 56.9 Å². The van der Waals surface area contributed by atoms with Crippen molar-refractivity contribution in [3.63, 3.8) is 0 Å². The monoisotopic (exact) mass is 476 g/mol. The molecule has 30 heavy (non-hydrogen) atoms. The quantitative estimate of drug-likeness (QED) is 0.136. The summed E-state index contributed by atoms with van der Waals surface area (Å²) in [5.74, 6) is 0. The molecule has 0 aliphatic carbocycles. The number of allylic oxidation sites excluding steroid dienone is 1. The molecule has 0 radical (unpaired) electrons. The molecule has 0 unspecified atom stereocenters. The summed E-state index contributed by atoms with van der Waals surface area (Å²) in [6.45, 7) is 2.25. The average molecular weight is 477 g/mol. The van der Waals surface area contributed by atoms with Crippen LogP contribution >= 0.6 is 45.6 Å². The molecule has 0 saturated heterocycles. The molecule has 3 rings (SSSR count). The van der Waals surface area contributed by atoms with Gasteiger partial charge >= 0.3 is 0 Å². The van der Waals surface area contributed by atoms with Crippen molar-refractivity contribution in [3.8, 4) is 19.5 Å². The molecule has 0 fully saturated rings. The highest BCUT2D eigenvalue weighted by Gasteiger charge is 2.12. The zero-order valence-electron chi connectivity index (χ0n) is 17.5. The average Bonchev–Trinajstić information content (AvgIpc) is 3.52. The predicted octanol–water partition coefficient (Wildman–Crippen LogP) is 9.88. The van der Waals surface area contributed by atoms with E-state index in [0.29, 0.717) is 5.03 Å². The van der Waals surface area contributed by atoms with Crippen molar-refractivity contribution in [1.29, 1.82) is 0 Å². The molecule has 0 bridgehead atoms. The molecule has 0 saturated carbocycles. The summed E-state index contributed by atoms with van der Waals surface area (Å²) in [6.07, 6.45) is 11.8. The van der Waals surface area contributed by atoms with E-state index in [1.54, 1.807) is 34.0 Å². The Bertz CT molecular complexity index is 933. The summed E-state index contributed by atoms with van der Waals surface area (Å²) in [7, 11) is 0. The Morgan fingerprint density at radius 3 is 2.13 bits per heavy atom. The molecule has 3 aromatic rings. The number of unbranched alkanes of at least 4 members (excludes halogenated alkanes) is 7. The highest BCUT2D eigenvalue weighted by molar-refractivity contribution is 7.26. The lowest BCUT2D eigenvalue weighted by Gasteiger charge is -2.04. The number of aldehydes is 1. The van der Waals surface area contributed by atoms with Crippen molar-refractivity contribution in [2.45, 2.75) is 64.7 Å². The van der Waals surface area contributed by atoms with Gasteiger partial charge < -0.3 is 0 Å². The highest BCUT2D eigenvalue weighted by atomic mass is 35.5. The van der Waals surface area contributed by atoms with E-state index in [2.05, 4.69) is 42.6 Å². The van der Waals surface area contributed by atoms with Gasteiger partial charge in [0.1, 0.15) is 6.29 Å². The molecule has 3 aromatic heterocycles. The lowest BCUT2D eigenvalue weighted by molar-refractivity contribution is -0.105. The van der Waals surface area contributed by atoms with Crippen molar-refractivity contribution < 1.29 is 4.79 Å². The van der Waals surface area contributed by atoms with Gasteiger partial charge in [0.05, 0.1) is 5.03 Å². The fourth-order valence-electron chi connectivity index (χ4n) is 3.44. The van der Waals surface area contributed by atoms with Gasteiger partial charge in [-0.25, -0.2) is 0 Å². The first-order valence-corrected chi connectivity index (χ1v) is 13.7. The second-order valence-electron chi connectivity index (χ2n) is 7.49. The van der Waals surface area contributed by atoms with Gasteiger partial charge in [-0.05, 0) is 48.6 Å². The molecular weight excluding hydrogens is 448 g/mol. The largest absolute Gasteiger partial charge is 0.298 e.